The average Bonchev–Trinajstić information content (AvgIpc) is 2.81. The number of nitrogens with two attached hydrogens (primary N) is 1. The van der Waals surface area contributed by atoms with Gasteiger partial charge in [-0.15, -0.1) is 11.3 Å². The summed E-state index contributed by atoms with van der Waals surface area (Å²) in [6, 6.07) is 2.55. The first-order chi connectivity index (χ1) is 6.16. The highest BCUT2D eigenvalue weighted by Crippen LogP contribution is 2.38. The Hall–Kier alpha value is -0.340. The summed E-state index contributed by atoms with van der Waals surface area (Å²) < 4.78 is 0. The first kappa shape index (κ1) is 9.22. The molecule has 0 bridgehead atoms. The molecule has 2 N–H and O–H groups in total. The predicted molar refractivity (Wildman–Crippen MR) is 58.1 cm³/mol. The number of rotatable bonds is 3. The van der Waals surface area contributed by atoms with Crippen LogP contribution in [0.3, 0.4) is 0 Å². The predicted octanol–water partition coefficient (Wildman–Crippen LogP) is 3.16. The highest BCUT2D eigenvalue weighted by atomic mass is 32.1. The van der Waals surface area contributed by atoms with Crippen molar-refractivity contribution in [1.29, 1.82) is 0 Å². The van der Waals surface area contributed by atoms with E-state index in [1.165, 1.54) is 34.6 Å². The Balaban J connectivity index is 2.05. The fourth-order valence-corrected chi connectivity index (χ4v) is 2.67. The highest BCUT2D eigenvalue weighted by Gasteiger charge is 2.25. The number of hydrogen-bond donors (Lipinski definition) is 1. The third kappa shape index (κ3) is 2.12. The second-order valence-corrected chi connectivity index (χ2v) is 5.46. The second-order valence-electron chi connectivity index (χ2n) is 4.17. The summed E-state index contributed by atoms with van der Waals surface area (Å²) in [5, 5.41) is 0. The van der Waals surface area contributed by atoms with Gasteiger partial charge in [0.1, 0.15) is 0 Å². The van der Waals surface area contributed by atoms with Crippen LogP contribution in [0, 0.1) is 19.8 Å². The Morgan fingerprint density at radius 3 is 2.69 bits per heavy atom. The van der Waals surface area contributed by atoms with Crippen molar-refractivity contribution < 1.29 is 0 Å². The molecule has 1 aromatic heterocycles. The molecule has 2 rings (SSSR count). The van der Waals surface area contributed by atoms with Crippen LogP contribution >= 0.6 is 11.3 Å². The molecule has 1 unspecified atom stereocenters. The first-order valence-corrected chi connectivity index (χ1v) is 5.81. The van der Waals surface area contributed by atoms with Crippen LogP contribution in [-0.4, -0.2) is 0 Å². The van der Waals surface area contributed by atoms with Crippen molar-refractivity contribution >= 4 is 11.3 Å². The van der Waals surface area contributed by atoms with Gasteiger partial charge in [-0.05, 0) is 37.8 Å². The van der Waals surface area contributed by atoms with Gasteiger partial charge in [0.25, 0.3) is 0 Å². The average molecular weight is 195 g/mol. The standard InChI is InChI=1S/C11H17NS/c1-7-5-11(13-8(7)2)10(12)6-9-3-4-9/h5,9-10H,3-4,6,12H2,1-2H3. The van der Waals surface area contributed by atoms with Gasteiger partial charge in [-0.25, -0.2) is 0 Å². The molecule has 0 amide bonds. The molecule has 2 heteroatoms. The van der Waals surface area contributed by atoms with E-state index in [1.807, 2.05) is 11.3 Å². The van der Waals surface area contributed by atoms with Crippen molar-refractivity contribution in [2.75, 3.05) is 0 Å². The van der Waals surface area contributed by atoms with Gasteiger partial charge < -0.3 is 5.73 Å². The van der Waals surface area contributed by atoms with Crippen molar-refractivity contribution in [2.45, 2.75) is 39.2 Å². The lowest BCUT2D eigenvalue weighted by Crippen LogP contribution is -2.08. The number of hydrogen-bond acceptors (Lipinski definition) is 2. The van der Waals surface area contributed by atoms with E-state index in [1.54, 1.807) is 0 Å². The maximum absolute atomic E-state index is 6.13. The summed E-state index contributed by atoms with van der Waals surface area (Å²) in [7, 11) is 0. The third-order valence-corrected chi connectivity index (χ3v) is 4.12. The summed E-state index contributed by atoms with van der Waals surface area (Å²) in [6.45, 7) is 4.34. The lowest BCUT2D eigenvalue weighted by molar-refractivity contribution is 0.605. The van der Waals surface area contributed by atoms with E-state index in [0.717, 1.165) is 5.92 Å². The summed E-state index contributed by atoms with van der Waals surface area (Å²) >= 11 is 1.87. The quantitative estimate of drug-likeness (QED) is 0.787. The zero-order chi connectivity index (χ0) is 9.42. The largest absolute Gasteiger partial charge is 0.323 e. The fraction of sp³-hybridized carbons (Fsp3) is 0.636. The molecule has 1 aliphatic carbocycles. The molecule has 1 nitrogen and oxygen atoms in total. The van der Waals surface area contributed by atoms with E-state index in [4.69, 9.17) is 5.73 Å². The molecule has 0 aromatic carbocycles. The molecule has 0 radical (unpaired) electrons. The SMILES string of the molecule is Cc1cc(C(N)CC2CC2)sc1C. The van der Waals surface area contributed by atoms with Gasteiger partial charge in [-0.2, -0.15) is 0 Å². The van der Waals surface area contributed by atoms with E-state index in [-0.39, 0.29) is 0 Å². The van der Waals surface area contributed by atoms with Gasteiger partial charge in [-0.3, -0.25) is 0 Å². The molecule has 1 saturated carbocycles. The number of thiophene rings is 1. The zero-order valence-electron chi connectivity index (χ0n) is 8.34. The monoisotopic (exact) mass is 195 g/mol. The van der Waals surface area contributed by atoms with Crippen LogP contribution in [0.5, 0.6) is 0 Å². The molecule has 0 saturated heterocycles. The zero-order valence-corrected chi connectivity index (χ0v) is 9.16. The Morgan fingerprint density at radius 1 is 1.54 bits per heavy atom. The van der Waals surface area contributed by atoms with E-state index >= 15 is 0 Å². The molecule has 1 aliphatic rings. The molecule has 72 valence electrons. The summed E-state index contributed by atoms with van der Waals surface area (Å²) in [5.74, 6) is 0.928. The maximum atomic E-state index is 6.13. The summed E-state index contributed by atoms with van der Waals surface area (Å²) in [6.07, 6.45) is 3.99. The van der Waals surface area contributed by atoms with Crippen LogP contribution in [0.4, 0.5) is 0 Å². The molecule has 1 heterocycles. The molecule has 0 spiro atoms. The Labute approximate surface area is 84.0 Å². The van der Waals surface area contributed by atoms with Gasteiger partial charge in [0.05, 0.1) is 0 Å². The van der Waals surface area contributed by atoms with Gasteiger partial charge in [0.2, 0.25) is 0 Å². The lowest BCUT2D eigenvalue weighted by atomic mass is 10.1. The van der Waals surface area contributed by atoms with Crippen LogP contribution in [0.1, 0.15) is 40.6 Å². The van der Waals surface area contributed by atoms with E-state index < -0.39 is 0 Å². The van der Waals surface area contributed by atoms with Gasteiger partial charge >= 0.3 is 0 Å². The first-order valence-electron chi connectivity index (χ1n) is 4.99. The highest BCUT2D eigenvalue weighted by molar-refractivity contribution is 7.12. The van der Waals surface area contributed by atoms with Gasteiger partial charge in [0, 0.05) is 15.8 Å². The van der Waals surface area contributed by atoms with Crippen molar-refractivity contribution in [2.24, 2.45) is 11.7 Å². The summed E-state index contributed by atoms with van der Waals surface area (Å²) in [5.41, 5.74) is 7.52. The number of aryl methyl sites for hydroxylation is 2. The van der Waals surface area contributed by atoms with Crippen LogP contribution in [0.15, 0.2) is 6.07 Å². The van der Waals surface area contributed by atoms with Crippen molar-refractivity contribution in [3.05, 3.63) is 21.4 Å². The topological polar surface area (TPSA) is 26.0 Å². The molecule has 0 aliphatic heterocycles. The van der Waals surface area contributed by atoms with Crippen LogP contribution in [-0.2, 0) is 0 Å². The minimum absolute atomic E-state index is 0.296. The molecular formula is C11H17NS. The Bertz CT molecular complexity index is 280. The van der Waals surface area contributed by atoms with E-state index in [0.29, 0.717) is 6.04 Å². The van der Waals surface area contributed by atoms with Crippen molar-refractivity contribution in [3.8, 4) is 0 Å². The Morgan fingerprint density at radius 2 is 2.23 bits per heavy atom. The van der Waals surface area contributed by atoms with Gasteiger partial charge in [-0.1, -0.05) is 12.8 Å². The van der Waals surface area contributed by atoms with Crippen molar-refractivity contribution in [1.82, 2.24) is 0 Å². The molecule has 1 aromatic rings. The lowest BCUT2D eigenvalue weighted by Gasteiger charge is -2.07. The Kier molecular flexibility index (Phi) is 2.43. The van der Waals surface area contributed by atoms with Crippen LogP contribution in [0.2, 0.25) is 0 Å². The fourth-order valence-electron chi connectivity index (χ4n) is 1.61. The normalized spacial score (nSPS) is 19.0. The minimum Gasteiger partial charge on any atom is -0.323 e. The third-order valence-electron chi connectivity index (χ3n) is 2.83. The molecular weight excluding hydrogens is 178 g/mol. The van der Waals surface area contributed by atoms with Crippen LogP contribution in [0.25, 0.3) is 0 Å². The molecule has 13 heavy (non-hydrogen) atoms. The maximum Gasteiger partial charge on any atom is 0.0392 e. The minimum atomic E-state index is 0.296. The van der Waals surface area contributed by atoms with E-state index in [2.05, 4.69) is 19.9 Å². The molecule has 1 fully saturated rings. The van der Waals surface area contributed by atoms with Gasteiger partial charge in [0.15, 0.2) is 0 Å². The van der Waals surface area contributed by atoms with Crippen LogP contribution < -0.4 is 5.73 Å². The van der Waals surface area contributed by atoms with Crippen molar-refractivity contribution in [3.63, 3.8) is 0 Å². The summed E-state index contributed by atoms with van der Waals surface area (Å²) in [4.78, 5) is 2.79. The van der Waals surface area contributed by atoms with E-state index in [9.17, 15) is 0 Å². The second kappa shape index (κ2) is 3.43. The molecule has 1 atom stereocenters. The smallest absolute Gasteiger partial charge is 0.0392 e.